The van der Waals surface area contributed by atoms with Gasteiger partial charge in [0.05, 0.1) is 16.7 Å². The molecule has 2 nitrogen and oxygen atoms in total. The summed E-state index contributed by atoms with van der Waals surface area (Å²) in [7, 11) is 0. The number of aromatic nitrogens is 1. The number of anilines is 3. The third-order valence-electron chi connectivity index (χ3n) is 10.8. The minimum atomic E-state index is 1.11. The summed E-state index contributed by atoms with van der Waals surface area (Å²) >= 11 is 0. The number of fused-ring (bicyclic) bond motifs is 3. The first-order chi connectivity index (χ1) is 27.8. The molecule has 9 aromatic carbocycles. The fraction of sp³-hybridized carbons (Fsp3) is 0. The van der Waals surface area contributed by atoms with Crippen molar-refractivity contribution in [1.82, 2.24) is 4.57 Å². The zero-order valence-electron chi connectivity index (χ0n) is 30.8. The first-order valence-corrected chi connectivity index (χ1v) is 19.2. The normalized spacial score (nSPS) is 11.2. The van der Waals surface area contributed by atoms with E-state index in [0.717, 1.165) is 22.7 Å². The molecular formula is C54H38N2. The fourth-order valence-electron chi connectivity index (χ4n) is 8.26. The zero-order chi connectivity index (χ0) is 37.3. The van der Waals surface area contributed by atoms with E-state index >= 15 is 0 Å². The van der Waals surface area contributed by atoms with Crippen LogP contribution in [-0.4, -0.2) is 4.57 Å². The molecule has 0 radical (unpaired) electrons. The van der Waals surface area contributed by atoms with Crippen molar-refractivity contribution in [3.05, 3.63) is 231 Å². The predicted octanol–water partition coefficient (Wildman–Crippen LogP) is 14.9. The lowest BCUT2D eigenvalue weighted by atomic mass is 9.93. The molecule has 1 heterocycles. The van der Waals surface area contributed by atoms with E-state index in [0.29, 0.717) is 0 Å². The van der Waals surface area contributed by atoms with Crippen LogP contribution in [0.4, 0.5) is 17.1 Å². The van der Waals surface area contributed by atoms with Gasteiger partial charge in [-0.05, 0) is 93.5 Å². The molecule has 56 heavy (non-hydrogen) atoms. The fourth-order valence-corrected chi connectivity index (χ4v) is 8.26. The van der Waals surface area contributed by atoms with Crippen molar-refractivity contribution in [3.8, 4) is 50.2 Å². The summed E-state index contributed by atoms with van der Waals surface area (Å²) in [5, 5.41) is 2.48. The molecule has 2 heteroatoms. The van der Waals surface area contributed by atoms with E-state index in [2.05, 4.69) is 240 Å². The zero-order valence-corrected chi connectivity index (χ0v) is 30.8. The second-order valence-corrected chi connectivity index (χ2v) is 14.1. The first kappa shape index (κ1) is 33.2. The van der Waals surface area contributed by atoms with Crippen LogP contribution in [0.5, 0.6) is 0 Å². The summed E-state index contributed by atoms with van der Waals surface area (Å²) in [6, 6.07) is 82.9. The number of hydrogen-bond donors (Lipinski definition) is 0. The van der Waals surface area contributed by atoms with Crippen LogP contribution in [0.25, 0.3) is 72.0 Å². The van der Waals surface area contributed by atoms with Gasteiger partial charge in [0.2, 0.25) is 0 Å². The van der Waals surface area contributed by atoms with Crippen LogP contribution in [-0.2, 0) is 0 Å². The van der Waals surface area contributed by atoms with E-state index in [1.807, 2.05) is 0 Å². The molecule has 0 aliphatic heterocycles. The van der Waals surface area contributed by atoms with Gasteiger partial charge in [0.25, 0.3) is 0 Å². The Morgan fingerprint density at radius 3 is 1.36 bits per heavy atom. The van der Waals surface area contributed by atoms with Gasteiger partial charge in [-0.1, -0.05) is 176 Å². The molecule has 0 unspecified atom stereocenters. The van der Waals surface area contributed by atoms with E-state index in [4.69, 9.17) is 0 Å². The first-order valence-electron chi connectivity index (χ1n) is 19.2. The van der Waals surface area contributed by atoms with Crippen LogP contribution in [0.15, 0.2) is 231 Å². The summed E-state index contributed by atoms with van der Waals surface area (Å²) < 4.78 is 2.46. The van der Waals surface area contributed by atoms with Gasteiger partial charge in [-0.15, -0.1) is 0 Å². The van der Waals surface area contributed by atoms with E-state index in [1.165, 1.54) is 66.3 Å². The maximum atomic E-state index is 2.46. The second-order valence-electron chi connectivity index (χ2n) is 14.1. The lowest BCUT2D eigenvalue weighted by Gasteiger charge is -2.25. The number of benzene rings is 9. The molecule has 0 saturated heterocycles. The van der Waals surface area contributed by atoms with Crippen LogP contribution < -0.4 is 4.90 Å². The largest absolute Gasteiger partial charge is 0.311 e. The van der Waals surface area contributed by atoms with Gasteiger partial charge in [0, 0.05) is 33.4 Å². The van der Waals surface area contributed by atoms with E-state index < -0.39 is 0 Å². The van der Waals surface area contributed by atoms with E-state index in [-0.39, 0.29) is 0 Å². The van der Waals surface area contributed by atoms with Crippen LogP contribution >= 0.6 is 0 Å². The highest BCUT2D eigenvalue weighted by Gasteiger charge is 2.19. The van der Waals surface area contributed by atoms with Crippen molar-refractivity contribution in [3.63, 3.8) is 0 Å². The molecule has 0 fully saturated rings. The van der Waals surface area contributed by atoms with E-state index in [1.54, 1.807) is 0 Å². The second kappa shape index (κ2) is 14.4. The van der Waals surface area contributed by atoms with Gasteiger partial charge >= 0.3 is 0 Å². The molecule has 10 aromatic rings. The third kappa shape index (κ3) is 5.95. The monoisotopic (exact) mass is 714 g/mol. The Morgan fingerprint density at radius 1 is 0.268 bits per heavy atom. The molecule has 264 valence electrons. The third-order valence-corrected chi connectivity index (χ3v) is 10.8. The Bertz CT molecular complexity index is 2910. The van der Waals surface area contributed by atoms with Crippen molar-refractivity contribution in [2.75, 3.05) is 4.90 Å². The summed E-state index contributed by atoms with van der Waals surface area (Å²) in [6.07, 6.45) is 0. The smallest absolute Gasteiger partial charge is 0.0547 e. The molecule has 10 rings (SSSR count). The Hall–Kier alpha value is -7.42. The summed E-state index contributed by atoms with van der Waals surface area (Å²) in [4.78, 5) is 2.30. The molecule has 0 N–H and O–H groups in total. The SMILES string of the molecule is c1ccc(-c2ccccc2-c2ccccc2-n2c3ccccc3c3ccc(-c4ccccc4-c4ccc(N(c5ccccc5)c5ccccc5)cc4)cc32)cc1. The lowest BCUT2D eigenvalue weighted by molar-refractivity contribution is 1.18. The number of rotatable bonds is 8. The predicted molar refractivity (Wildman–Crippen MR) is 237 cm³/mol. The maximum absolute atomic E-state index is 2.46. The summed E-state index contributed by atoms with van der Waals surface area (Å²) in [6.45, 7) is 0. The Labute approximate surface area is 327 Å². The quantitative estimate of drug-likeness (QED) is 0.152. The average Bonchev–Trinajstić information content (AvgIpc) is 3.61. The Morgan fingerprint density at radius 2 is 0.696 bits per heavy atom. The lowest BCUT2D eigenvalue weighted by Crippen LogP contribution is -2.09. The molecule has 0 saturated carbocycles. The molecule has 0 aliphatic carbocycles. The minimum Gasteiger partial charge on any atom is -0.311 e. The van der Waals surface area contributed by atoms with Gasteiger partial charge in [-0.3, -0.25) is 0 Å². The standard InChI is InChI=1S/C54H38N2/c1-4-18-39(19-5-1)46-25-12-13-27-48(46)49-28-14-16-30-52(49)56-53-31-17-15-29-50(53)51-37-34-41(38-54(51)56)47-26-11-10-24-45(47)40-32-35-44(36-33-40)55(42-20-6-2-7-21-42)43-22-8-3-9-23-43/h1-38H. The van der Waals surface area contributed by atoms with Crippen molar-refractivity contribution in [2.45, 2.75) is 0 Å². The number of hydrogen-bond acceptors (Lipinski definition) is 1. The average molecular weight is 715 g/mol. The van der Waals surface area contributed by atoms with Crippen molar-refractivity contribution in [2.24, 2.45) is 0 Å². The van der Waals surface area contributed by atoms with Crippen LogP contribution in [0.3, 0.4) is 0 Å². The maximum Gasteiger partial charge on any atom is 0.0547 e. The van der Waals surface area contributed by atoms with Gasteiger partial charge in [-0.2, -0.15) is 0 Å². The molecule has 0 bridgehead atoms. The number of nitrogens with zero attached hydrogens (tertiary/aromatic N) is 2. The molecule has 1 aromatic heterocycles. The van der Waals surface area contributed by atoms with Crippen LogP contribution in [0.1, 0.15) is 0 Å². The van der Waals surface area contributed by atoms with Gasteiger partial charge in [-0.25, -0.2) is 0 Å². The molecule has 0 amide bonds. The molecule has 0 aliphatic rings. The minimum absolute atomic E-state index is 1.11. The molecular weight excluding hydrogens is 677 g/mol. The summed E-state index contributed by atoms with van der Waals surface area (Å²) in [5.74, 6) is 0. The van der Waals surface area contributed by atoms with Gasteiger partial charge in [0.1, 0.15) is 0 Å². The summed E-state index contributed by atoms with van der Waals surface area (Å²) in [5.41, 5.74) is 16.5. The Balaban J connectivity index is 1.11. The highest BCUT2D eigenvalue weighted by molar-refractivity contribution is 6.11. The molecule has 0 spiro atoms. The van der Waals surface area contributed by atoms with Crippen molar-refractivity contribution >= 4 is 38.9 Å². The highest BCUT2D eigenvalue weighted by atomic mass is 15.1. The Kier molecular flexibility index (Phi) is 8.55. The molecule has 0 atom stereocenters. The van der Waals surface area contributed by atoms with Gasteiger partial charge in [0.15, 0.2) is 0 Å². The topological polar surface area (TPSA) is 8.17 Å². The highest BCUT2D eigenvalue weighted by Crippen LogP contribution is 2.42. The van der Waals surface area contributed by atoms with Crippen LogP contribution in [0.2, 0.25) is 0 Å². The van der Waals surface area contributed by atoms with Crippen molar-refractivity contribution in [1.29, 1.82) is 0 Å². The van der Waals surface area contributed by atoms with E-state index in [9.17, 15) is 0 Å². The van der Waals surface area contributed by atoms with Gasteiger partial charge < -0.3 is 9.47 Å². The van der Waals surface area contributed by atoms with Crippen molar-refractivity contribution < 1.29 is 0 Å². The number of para-hydroxylation sites is 4. The van der Waals surface area contributed by atoms with Crippen LogP contribution in [0, 0.1) is 0 Å².